The average Bonchev–Trinajstić information content (AvgIpc) is 3.26. The lowest BCUT2D eigenvalue weighted by atomic mass is 10.1. The number of fused-ring (bicyclic) bond motifs is 1. The second-order valence-electron chi connectivity index (χ2n) is 5.98. The van der Waals surface area contributed by atoms with Crippen molar-refractivity contribution in [1.82, 2.24) is 24.9 Å². The van der Waals surface area contributed by atoms with Gasteiger partial charge in [-0.05, 0) is 31.0 Å². The monoisotopic (exact) mass is 311 g/mol. The van der Waals surface area contributed by atoms with E-state index in [0.717, 1.165) is 50.3 Å². The van der Waals surface area contributed by atoms with Gasteiger partial charge in [0, 0.05) is 36.7 Å². The third-order valence-corrected chi connectivity index (χ3v) is 4.47. The summed E-state index contributed by atoms with van der Waals surface area (Å²) in [7, 11) is 0. The predicted molar refractivity (Wildman–Crippen MR) is 88.4 cm³/mol. The molecular formula is C17H21N5O. The number of aromatic amines is 1. The number of rotatable bonds is 5. The summed E-state index contributed by atoms with van der Waals surface area (Å²) in [5, 5.41) is 9.46. The van der Waals surface area contributed by atoms with Gasteiger partial charge in [-0.2, -0.15) is 15.0 Å². The number of hydrogen-bond donors (Lipinski definition) is 1. The van der Waals surface area contributed by atoms with Crippen molar-refractivity contribution in [3.8, 4) is 5.75 Å². The number of aromatic nitrogens is 4. The van der Waals surface area contributed by atoms with Gasteiger partial charge in [0.05, 0.1) is 18.9 Å². The molecule has 1 aromatic carbocycles. The van der Waals surface area contributed by atoms with Crippen molar-refractivity contribution in [2.75, 3.05) is 19.6 Å². The van der Waals surface area contributed by atoms with Crippen LogP contribution in [-0.2, 0) is 6.54 Å². The minimum Gasteiger partial charge on any atom is -0.490 e. The van der Waals surface area contributed by atoms with Crippen molar-refractivity contribution < 1.29 is 4.74 Å². The first-order valence-corrected chi connectivity index (χ1v) is 8.18. The molecule has 0 spiro atoms. The second-order valence-corrected chi connectivity index (χ2v) is 5.98. The molecule has 1 N–H and O–H groups in total. The number of piperidine rings is 1. The molecule has 0 radical (unpaired) electrons. The molecule has 3 heterocycles. The van der Waals surface area contributed by atoms with Crippen LogP contribution in [0.4, 0.5) is 0 Å². The highest BCUT2D eigenvalue weighted by atomic mass is 16.5. The van der Waals surface area contributed by atoms with E-state index in [1.54, 1.807) is 17.2 Å². The van der Waals surface area contributed by atoms with E-state index < -0.39 is 0 Å². The van der Waals surface area contributed by atoms with Crippen LogP contribution in [0.15, 0.2) is 42.9 Å². The lowest BCUT2D eigenvalue weighted by Gasteiger charge is -2.32. The van der Waals surface area contributed by atoms with Gasteiger partial charge in [-0.15, -0.1) is 0 Å². The summed E-state index contributed by atoms with van der Waals surface area (Å²) in [6, 6.07) is 8.26. The van der Waals surface area contributed by atoms with E-state index >= 15 is 0 Å². The van der Waals surface area contributed by atoms with Crippen molar-refractivity contribution >= 4 is 10.9 Å². The molecule has 1 fully saturated rings. The minimum absolute atomic E-state index is 0.301. The molecule has 1 aliphatic rings. The molecule has 4 rings (SSSR count). The van der Waals surface area contributed by atoms with E-state index in [2.05, 4.69) is 38.3 Å². The van der Waals surface area contributed by atoms with Gasteiger partial charge in [-0.25, -0.2) is 0 Å². The van der Waals surface area contributed by atoms with Crippen molar-refractivity contribution in [3.63, 3.8) is 0 Å². The molecule has 0 saturated carbocycles. The van der Waals surface area contributed by atoms with Crippen molar-refractivity contribution in [1.29, 1.82) is 0 Å². The number of ether oxygens (including phenoxy) is 1. The second kappa shape index (κ2) is 6.42. The van der Waals surface area contributed by atoms with Crippen LogP contribution in [-0.4, -0.2) is 50.6 Å². The van der Waals surface area contributed by atoms with Gasteiger partial charge in [-0.3, -0.25) is 0 Å². The summed E-state index contributed by atoms with van der Waals surface area (Å²) < 4.78 is 6.25. The molecule has 1 saturated heterocycles. The van der Waals surface area contributed by atoms with Gasteiger partial charge >= 0.3 is 0 Å². The van der Waals surface area contributed by atoms with Crippen LogP contribution in [0, 0.1) is 0 Å². The molecular weight excluding hydrogens is 290 g/mol. The van der Waals surface area contributed by atoms with Crippen LogP contribution in [0.5, 0.6) is 5.75 Å². The van der Waals surface area contributed by atoms with Crippen LogP contribution in [0.25, 0.3) is 10.9 Å². The number of likely N-dealkylation sites (tertiary alicyclic amines) is 1. The van der Waals surface area contributed by atoms with E-state index in [9.17, 15) is 0 Å². The summed E-state index contributed by atoms with van der Waals surface area (Å²) in [6.45, 7) is 3.97. The molecule has 0 aliphatic carbocycles. The Kier molecular flexibility index (Phi) is 3.98. The molecule has 0 unspecified atom stereocenters. The van der Waals surface area contributed by atoms with E-state index in [1.165, 1.54) is 5.39 Å². The highest BCUT2D eigenvalue weighted by Crippen LogP contribution is 2.27. The Balaban J connectivity index is 1.30. The Morgan fingerprint density at radius 3 is 2.74 bits per heavy atom. The number of hydrogen-bond acceptors (Lipinski definition) is 4. The first-order chi connectivity index (χ1) is 11.4. The Morgan fingerprint density at radius 2 is 1.91 bits per heavy atom. The molecule has 23 heavy (non-hydrogen) atoms. The molecule has 2 aromatic heterocycles. The van der Waals surface area contributed by atoms with Gasteiger partial charge in [0.25, 0.3) is 0 Å². The van der Waals surface area contributed by atoms with Gasteiger partial charge in [-0.1, -0.05) is 6.07 Å². The van der Waals surface area contributed by atoms with Gasteiger partial charge in [0.1, 0.15) is 11.9 Å². The first kappa shape index (κ1) is 14.3. The number of benzene rings is 1. The van der Waals surface area contributed by atoms with Crippen molar-refractivity contribution in [2.45, 2.75) is 25.5 Å². The largest absolute Gasteiger partial charge is 0.490 e. The molecule has 0 atom stereocenters. The summed E-state index contributed by atoms with van der Waals surface area (Å²) in [5.74, 6) is 0.989. The normalized spacial score (nSPS) is 16.9. The third-order valence-electron chi connectivity index (χ3n) is 4.47. The zero-order valence-corrected chi connectivity index (χ0v) is 13.1. The van der Waals surface area contributed by atoms with Crippen LogP contribution in [0.3, 0.4) is 0 Å². The van der Waals surface area contributed by atoms with Crippen molar-refractivity contribution in [2.24, 2.45) is 0 Å². The number of nitrogens with zero attached hydrogens (tertiary/aromatic N) is 4. The van der Waals surface area contributed by atoms with Crippen LogP contribution < -0.4 is 4.74 Å². The van der Waals surface area contributed by atoms with Crippen molar-refractivity contribution in [3.05, 3.63) is 42.9 Å². The van der Waals surface area contributed by atoms with E-state index in [0.29, 0.717) is 6.10 Å². The quantitative estimate of drug-likeness (QED) is 0.785. The molecule has 3 aromatic rings. The smallest absolute Gasteiger partial charge is 0.129 e. The maximum Gasteiger partial charge on any atom is 0.129 e. The zero-order valence-electron chi connectivity index (χ0n) is 13.1. The summed E-state index contributed by atoms with van der Waals surface area (Å²) in [6.07, 6.45) is 7.84. The van der Waals surface area contributed by atoms with Gasteiger partial charge < -0.3 is 14.6 Å². The maximum absolute atomic E-state index is 6.25. The molecule has 1 aliphatic heterocycles. The maximum atomic E-state index is 6.25. The lowest BCUT2D eigenvalue weighted by molar-refractivity contribution is 0.0984. The first-order valence-electron chi connectivity index (χ1n) is 8.18. The fraction of sp³-hybridized carbons (Fsp3) is 0.412. The highest BCUT2D eigenvalue weighted by molar-refractivity contribution is 5.85. The SMILES string of the molecule is c1cc(OC2CCN(CCn3nccn3)CC2)c2cc[nH]c2c1. The fourth-order valence-electron chi connectivity index (χ4n) is 3.18. The number of nitrogens with one attached hydrogen (secondary N) is 1. The standard InChI is InChI=1S/C17H21N5O/c1-2-16-15(4-7-18-16)17(3-1)23-14-5-10-21(11-6-14)12-13-22-19-8-9-20-22/h1-4,7-9,14,18H,5-6,10-13H2. The van der Waals surface area contributed by atoms with Crippen LogP contribution >= 0.6 is 0 Å². The van der Waals surface area contributed by atoms with E-state index in [-0.39, 0.29) is 0 Å². The predicted octanol–water partition coefficient (Wildman–Crippen LogP) is 2.30. The highest BCUT2D eigenvalue weighted by Gasteiger charge is 2.21. The lowest BCUT2D eigenvalue weighted by Crippen LogP contribution is -2.39. The third kappa shape index (κ3) is 3.22. The van der Waals surface area contributed by atoms with Gasteiger partial charge in [0.15, 0.2) is 0 Å². The molecule has 120 valence electrons. The van der Waals surface area contributed by atoms with E-state index in [4.69, 9.17) is 4.74 Å². The molecule has 0 amide bonds. The zero-order chi connectivity index (χ0) is 15.5. The van der Waals surface area contributed by atoms with Crippen LogP contribution in [0.2, 0.25) is 0 Å². The summed E-state index contributed by atoms with van der Waals surface area (Å²) >= 11 is 0. The van der Waals surface area contributed by atoms with E-state index in [1.807, 2.05) is 12.3 Å². The minimum atomic E-state index is 0.301. The van der Waals surface area contributed by atoms with Gasteiger partial charge in [0.2, 0.25) is 0 Å². The summed E-state index contributed by atoms with van der Waals surface area (Å²) in [5.41, 5.74) is 1.13. The Labute approximate surface area is 135 Å². The molecule has 6 heteroatoms. The topological polar surface area (TPSA) is 59.0 Å². The Hall–Kier alpha value is -2.34. The van der Waals surface area contributed by atoms with Crippen LogP contribution in [0.1, 0.15) is 12.8 Å². The fourth-order valence-corrected chi connectivity index (χ4v) is 3.18. The Morgan fingerprint density at radius 1 is 1.09 bits per heavy atom. The summed E-state index contributed by atoms with van der Waals surface area (Å²) in [4.78, 5) is 7.44. The Bertz CT molecular complexity index is 743. The average molecular weight is 311 g/mol. The molecule has 0 bridgehead atoms. The molecule has 6 nitrogen and oxygen atoms in total. The number of H-pyrrole nitrogens is 1.